The molecular weight excluding hydrogens is 242 g/mol. The Balaban J connectivity index is 2.10. The van der Waals surface area contributed by atoms with Gasteiger partial charge in [-0.1, -0.05) is 6.07 Å². The average molecular weight is 254 g/mol. The second-order valence-electron chi connectivity index (χ2n) is 5.09. The summed E-state index contributed by atoms with van der Waals surface area (Å²) in [5, 5.41) is 9.36. The lowest BCUT2D eigenvalue weighted by Gasteiger charge is -2.46. The maximum Gasteiger partial charge on any atom is 0.310 e. The van der Waals surface area contributed by atoms with Crippen molar-refractivity contribution in [2.24, 2.45) is 5.41 Å². The fourth-order valence-corrected chi connectivity index (χ4v) is 2.90. The zero-order valence-corrected chi connectivity index (χ0v) is 9.58. The van der Waals surface area contributed by atoms with Gasteiger partial charge in [-0.25, -0.2) is 8.78 Å². The first-order valence-electron chi connectivity index (χ1n) is 5.79. The zero-order chi connectivity index (χ0) is 13.0. The Bertz CT molecular complexity index is 519. The fraction of sp³-hybridized carbons (Fsp3) is 0.462. The summed E-state index contributed by atoms with van der Waals surface area (Å²) in [4.78, 5) is 11.4. The van der Waals surface area contributed by atoms with Crippen molar-refractivity contribution < 1.29 is 23.4 Å². The van der Waals surface area contributed by atoms with Gasteiger partial charge in [0.1, 0.15) is 11.6 Å². The SMILES string of the molecule is O=C(O)C1(C2(c3ccc(F)cc3F)COC2)CC1. The highest BCUT2D eigenvalue weighted by molar-refractivity contribution is 5.81. The van der Waals surface area contributed by atoms with Gasteiger partial charge in [0.15, 0.2) is 0 Å². The van der Waals surface area contributed by atoms with Crippen LogP contribution < -0.4 is 0 Å². The minimum Gasteiger partial charge on any atom is -0.481 e. The lowest BCUT2D eigenvalue weighted by molar-refractivity contribution is -0.161. The van der Waals surface area contributed by atoms with Crippen molar-refractivity contribution in [1.82, 2.24) is 0 Å². The number of carboxylic acids is 1. The summed E-state index contributed by atoms with van der Waals surface area (Å²) < 4.78 is 32.0. The van der Waals surface area contributed by atoms with Crippen molar-refractivity contribution >= 4 is 5.97 Å². The molecule has 0 spiro atoms. The van der Waals surface area contributed by atoms with Gasteiger partial charge < -0.3 is 9.84 Å². The molecule has 1 aromatic carbocycles. The molecule has 0 amide bonds. The number of carboxylic acid groups (broad SMARTS) is 1. The Kier molecular flexibility index (Phi) is 2.26. The van der Waals surface area contributed by atoms with Crippen LogP contribution in [0.25, 0.3) is 0 Å². The van der Waals surface area contributed by atoms with Gasteiger partial charge in [-0.2, -0.15) is 0 Å². The largest absolute Gasteiger partial charge is 0.481 e. The number of rotatable bonds is 3. The highest BCUT2D eigenvalue weighted by Gasteiger charge is 2.69. The summed E-state index contributed by atoms with van der Waals surface area (Å²) in [7, 11) is 0. The summed E-state index contributed by atoms with van der Waals surface area (Å²) >= 11 is 0. The van der Waals surface area contributed by atoms with E-state index in [1.807, 2.05) is 0 Å². The van der Waals surface area contributed by atoms with Crippen molar-refractivity contribution in [3.05, 3.63) is 35.4 Å². The van der Waals surface area contributed by atoms with Crippen LogP contribution in [0.1, 0.15) is 18.4 Å². The summed E-state index contributed by atoms with van der Waals surface area (Å²) in [5.74, 6) is -2.27. The molecule has 96 valence electrons. The molecule has 1 saturated carbocycles. The van der Waals surface area contributed by atoms with E-state index in [-0.39, 0.29) is 18.8 Å². The van der Waals surface area contributed by atoms with E-state index >= 15 is 0 Å². The molecule has 5 heteroatoms. The number of hydrogen-bond acceptors (Lipinski definition) is 2. The Morgan fingerprint density at radius 2 is 1.94 bits per heavy atom. The molecule has 0 bridgehead atoms. The smallest absolute Gasteiger partial charge is 0.310 e. The Hall–Kier alpha value is -1.49. The zero-order valence-electron chi connectivity index (χ0n) is 9.58. The van der Waals surface area contributed by atoms with Crippen LogP contribution in [0.5, 0.6) is 0 Å². The van der Waals surface area contributed by atoms with Crippen LogP contribution in [0.2, 0.25) is 0 Å². The average Bonchev–Trinajstić information content (AvgIpc) is 3.01. The Labute approximate surface area is 102 Å². The van der Waals surface area contributed by atoms with E-state index in [0.717, 1.165) is 12.1 Å². The van der Waals surface area contributed by atoms with Crippen LogP contribution in [-0.4, -0.2) is 24.3 Å². The molecule has 1 N–H and O–H groups in total. The molecule has 0 aromatic heterocycles. The van der Waals surface area contributed by atoms with E-state index < -0.39 is 28.4 Å². The molecule has 2 fully saturated rings. The molecule has 1 aliphatic heterocycles. The van der Waals surface area contributed by atoms with Crippen molar-refractivity contribution in [2.45, 2.75) is 18.3 Å². The second kappa shape index (κ2) is 3.51. The van der Waals surface area contributed by atoms with Crippen LogP contribution >= 0.6 is 0 Å². The number of carbonyl (C=O) groups is 1. The van der Waals surface area contributed by atoms with Crippen LogP contribution in [-0.2, 0) is 14.9 Å². The minimum atomic E-state index is -0.941. The number of aliphatic carboxylic acids is 1. The van der Waals surface area contributed by atoms with Gasteiger partial charge >= 0.3 is 5.97 Å². The van der Waals surface area contributed by atoms with Gasteiger partial charge in [0.2, 0.25) is 0 Å². The summed E-state index contributed by atoms with van der Waals surface area (Å²) in [5.41, 5.74) is -1.52. The number of ether oxygens (including phenoxy) is 1. The predicted octanol–water partition coefficient (Wildman–Crippen LogP) is 2.10. The topological polar surface area (TPSA) is 46.5 Å². The highest BCUT2D eigenvalue weighted by Crippen LogP contribution is 2.62. The number of benzene rings is 1. The molecule has 0 radical (unpaired) electrons. The van der Waals surface area contributed by atoms with Gasteiger partial charge in [-0.3, -0.25) is 4.79 Å². The molecule has 1 aliphatic carbocycles. The second-order valence-corrected chi connectivity index (χ2v) is 5.09. The first-order valence-corrected chi connectivity index (χ1v) is 5.79. The molecule has 18 heavy (non-hydrogen) atoms. The quantitative estimate of drug-likeness (QED) is 0.898. The third-order valence-corrected chi connectivity index (χ3v) is 4.22. The molecule has 1 aromatic rings. The van der Waals surface area contributed by atoms with E-state index in [0.29, 0.717) is 12.8 Å². The molecule has 0 unspecified atom stereocenters. The maximum atomic E-state index is 13.9. The summed E-state index contributed by atoms with van der Waals surface area (Å²) in [6, 6.07) is 3.31. The van der Waals surface area contributed by atoms with Crippen molar-refractivity contribution in [3.8, 4) is 0 Å². The lowest BCUT2D eigenvalue weighted by Crippen LogP contribution is -2.56. The summed E-state index contributed by atoms with van der Waals surface area (Å²) in [6.45, 7) is 0.365. The third kappa shape index (κ3) is 1.28. The van der Waals surface area contributed by atoms with Crippen LogP contribution in [0, 0.1) is 17.0 Å². The molecule has 1 heterocycles. The normalized spacial score (nSPS) is 23.2. The van der Waals surface area contributed by atoms with Crippen LogP contribution in [0.4, 0.5) is 8.78 Å². The maximum absolute atomic E-state index is 13.9. The summed E-state index contributed by atoms with van der Waals surface area (Å²) in [6.07, 6.45) is 1.03. The highest BCUT2D eigenvalue weighted by atomic mass is 19.1. The lowest BCUT2D eigenvalue weighted by atomic mass is 9.66. The Morgan fingerprint density at radius 1 is 1.28 bits per heavy atom. The Morgan fingerprint density at radius 3 is 2.33 bits per heavy atom. The van der Waals surface area contributed by atoms with Crippen molar-refractivity contribution in [2.75, 3.05) is 13.2 Å². The standard InChI is InChI=1S/C13H12F2O3/c14-8-1-2-9(10(15)5-8)13(6-18-7-13)12(3-4-12)11(16)17/h1-2,5H,3-4,6-7H2,(H,16,17). The molecule has 2 aliphatic rings. The van der Waals surface area contributed by atoms with E-state index in [1.54, 1.807) is 0 Å². The van der Waals surface area contributed by atoms with E-state index in [4.69, 9.17) is 4.74 Å². The fourth-order valence-electron chi connectivity index (χ4n) is 2.90. The number of halogens is 2. The first kappa shape index (κ1) is 11.6. The van der Waals surface area contributed by atoms with Crippen LogP contribution in [0.15, 0.2) is 18.2 Å². The molecule has 3 nitrogen and oxygen atoms in total. The van der Waals surface area contributed by atoms with Crippen LogP contribution in [0.3, 0.4) is 0 Å². The van der Waals surface area contributed by atoms with Gasteiger partial charge in [0, 0.05) is 6.07 Å². The third-order valence-electron chi connectivity index (χ3n) is 4.22. The molecule has 1 saturated heterocycles. The monoisotopic (exact) mass is 254 g/mol. The van der Waals surface area contributed by atoms with E-state index in [2.05, 4.69) is 0 Å². The van der Waals surface area contributed by atoms with Crippen molar-refractivity contribution in [1.29, 1.82) is 0 Å². The first-order chi connectivity index (χ1) is 8.52. The predicted molar refractivity (Wildman–Crippen MR) is 58.2 cm³/mol. The molecule has 3 rings (SSSR count). The molecular formula is C13H12F2O3. The van der Waals surface area contributed by atoms with Gasteiger partial charge in [0.25, 0.3) is 0 Å². The van der Waals surface area contributed by atoms with Gasteiger partial charge in [-0.05, 0) is 24.5 Å². The molecule has 0 atom stereocenters. The van der Waals surface area contributed by atoms with Gasteiger partial charge in [-0.15, -0.1) is 0 Å². The number of hydrogen-bond donors (Lipinski definition) is 1. The van der Waals surface area contributed by atoms with E-state index in [1.165, 1.54) is 6.07 Å². The van der Waals surface area contributed by atoms with Gasteiger partial charge in [0.05, 0.1) is 24.0 Å². The van der Waals surface area contributed by atoms with E-state index in [9.17, 15) is 18.7 Å². The van der Waals surface area contributed by atoms with Crippen molar-refractivity contribution in [3.63, 3.8) is 0 Å². The minimum absolute atomic E-state index is 0.182.